The van der Waals surface area contributed by atoms with Gasteiger partial charge in [-0.2, -0.15) is 0 Å². The highest BCUT2D eigenvalue weighted by atomic mass is 16.5. The Morgan fingerprint density at radius 2 is 1.66 bits per heavy atom. The van der Waals surface area contributed by atoms with Crippen LogP contribution >= 0.6 is 0 Å². The van der Waals surface area contributed by atoms with Crippen LogP contribution in [-0.4, -0.2) is 44.8 Å². The number of carbonyl (C=O) groups is 2. The number of nitrogens with one attached hydrogen (secondary N) is 1. The first-order chi connectivity index (χ1) is 14.2. The number of rotatable bonds is 5. The second kappa shape index (κ2) is 8.75. The Labute approximate surface area is 169 Å². The number of nitrogens with zero attached hydrogens (tertiary/aromatic N) is 1. The van der Waals surface area contributed by atoms with Crippen molar-refractivity contribution >= 4 is 34.0 Å². The van der Waals surface area contributed by atoms with Gasteiger partial charge in [-0.15, -0.1) is 0 Å². The van der Waals surface area contributed by atoms with Gasteiger partial charge < -0.3 is 19.7 Å². The van der Waals surface area contributed by atoms with Gasteiger partial charge in [0.1, 0.15) is 0 Å². The van der Waals surface area contributed by atoms with Crippen LogP contribution in [0.4, 0.5) is 11.4 Å². The zero-order valence-corrected chi connectivity index (χ0v) is 16.0. The molecule has 1 heterocycles. The highest BCUT2D eigenvalue weighted by Crippen LogP contribution is 2.20. The monoisotopic (exact) mass is 390 g/mol. The zero-order valence-electron chi connectivity index (χ0n) is 16.0. The summed E-state index contributed by atoms with van der Waals surface area (Å²) >= 11 is 0. The normalized spacial score (nSPS) is 13.9. The number of esters is 1. The van der Waals surface area contributed by atoms with Gasteiger partial charge in [-0.25, -0.2) is 4.79 Å². The summed E-state index contributed by atoms with van der Waals surface area (Å²) in [6.07, 6.45) is 0. The first kappa shape index (κ1) is 19.0. The molecule has 1 amide bonds. The van der Waals surface area contributed by atoms with Crippen LogP contribution in [0.2, 0.25) is 0 Å². The van der Waals surface area contributed by atoms with Crippen molar-refractivity contribution in [3.8, 4) is 0 Å². The third-order valence-corrected chi connectivity index (χ3v) is 4.87. The van der Waals surface area contributed by atoms with Crippen LogP contribution in [0.5, 0.6) is 0 Å². The maximum atomic E-state index is 12.4. The number of anilines is 2. The van der Waals surface area contributed by atoms with E-state index in [-0.39, 0.29) is 12.5 Å². The standard InChI is InChI=1S/C23H22N2O4/c26-22(24-18-8-10-19(11-9-18)25-12-14-28-15-13-25)16-29-23(27)21-7-3-5-17-4-1-2-6-20(17)21/h1-11H,12-16H2,(H,24,26). The molecule has 6 heteroatoms. The maximum Gasteiger partial charge on any atom is 0.339 e. The summed E-state index contributed by atoms with van der Waals surface area (Å²) in [5.74, 6) is -0.891. The van der Waals surface area contributed by atoms with Crippen LogP contribution in [0.3, 0.4) is 0 Å². The molecule has 1 N–H and O–H groups in total. The van der Waals surface area contributed by atoms with E-state index >= 15 is 0 Å². The minimum absolute atomic E-state index is 0.340. The van der Waals surface area contributed by atoms with Gasteiger partial charge in [-0.05, 0) is 41.1 Å². The molecule has 1 saturated heterocycles. The third kappa shape index (κ3) is 4.55. The second-order valence-electron chi connectivity index (χ2n) is 6.80. The Hall–Kier alpha value is -3.38. The predicted molar refractivity (Wildman–Crippen MR) is 112 cm³/mol. The molecule has 1 fully saturated rings. The molecule has 0 atom stereocenters. The van der Waals surface area contributed by atoms with E-state index in [2.05, 4.69) is 10.2 Å². The molecule has 4 rings (SSSR count). The van der Waals surface area contributed by atoms with Gasteiger partial charge in [-0.1, -0.05) is 36.4 Å². The summed E-state index contributed by atoms with van der Waals surface area (Å²) in [6, 6.07) is 20.6. The van der Waals surface area contributed by atoms with Crippen LogP contribution in [0.25, 0.3) is 10.8 Å². The van der Waals surface area contributed by atoms with Crippen LogP contribution < -0.4 is 10.2 Å². The fraction of sp³-hybridized carbons (Fsp3) is 0.217. The lowest BCUT2D eigenvalue weighted by molar-refractivity contribution is -0.119. The van der Waals surface area contributed by atoms with Gasteiger partial charge >= 0.3 is 5.97 Å². The molecule has 0 bridgehead atoms. The van der Waals surface area contributed by atoms with E-state index in [0.29, 0.717) is 11.3 Å². The lowest BCUT2D eigenvalue weighted by Gasteiger charge is -2.28. The molecule has 0 unspecified atom stereocenters. The molecule has 0 radical (unpaired) electrons. The van der Waals surface area contributed by atoms with E-state index in [1.807, 2.05) is 54.6 Å². The van der Waals surface area contributed by atoms with Gasteiger partial charge in [0.25, 0.3) is 5.91 Å². The highest BCUT2D eigenvalue weighted by Gasteiger charge is 2.14. The molecule has 6 nitrogen and oxygen atoms in total. The fourth-order valence-corrected chi connectivity index (χ4v) is 3.39. The number of benzene rings is 3. The summed E-state index contributed by atoms with van der Waals surface area (Å²) < 4.78 is 10.6. The van der Waals surface area contributed by atoms with Crippen molar-refractivity contribution < 1.29 is 19.1 Å². The minimum atomic E-state index is -0.514. The number of ether oxygens (including phenoxy) is 2. The van der Waals surface area contributed by atoms with Crippen LogP contribution in [0, 0.1) is 0 Å². The summed E-state index contributed by atoms with van der Waals surface area (Å²) in [6.45, 7) is 2.82. The molecule has 0 aromatic heterocycles. The Morgan fingerprint density at radius 1 is 0.931 bits per heavy atom. The first-order valence-electron chi connectivity index (χ1n) is 9.58. The topological polar surface area (TPSA) is 67.9 Å². The minimum Gasteiger partial charge on any atom is -0.452 e. The predicted octanol–water partition coefficient (Wildman–Crippen LogP) is 3.47. The van der Waals surface area contributed by atoms with E-state index in [1.54, 1.807) is 12.1 Å². The van der Waals surface area contributed by atoms with Gasteiger partial charge in [0.2, 0.25) is 0 Å². The summed E-state index contributed by atoms with van der Waals surface area (Å²) in [4.78, 5) is 26.8. The van der Waals surface area contributed by atoms with Crippen molar-refractivity contribution in [1.29, 1.82) is 0 Å². The van der Waals surface area contributed by atoms with Crippen LogP contribution in [0.15, 0.2) is 66.7 Å². The lowest BCUT2D eigenvalue weighted by Crippen LogP contribution is -2.36. The Bertz CT molecular complexity index is 1010. The highest BCUT2D eigenvalue weighted by molar-refractivity contribution is 6.05. The molecule has 29 heavy (non-hydrogen) atoms. The number of hydrogen-bond acceptors (Lipinski definition) is 5. The Kier molecular flexibility index (Phi) is 5.72. The first-order valence-corrected chi connectivity index (χ1v) is 9.58. The quantitative estimate of drug-likeness (QED) is 0.676. The van der Waals surface area contributed by atoms with Gasteiger partial charge in [0, 0.05) is 24.5 Å². The van der Waals surface area contributed by atoms with E-state index < -0.39 is 5.97 Å². The zero-order chi connectivity index (χ0) is 20.1. The molecule has 1 aliphatic rings. The van der Waals surface area contributed by atoms with Gasteiger partial charge in [0.05, 0.1) is 18.8 Å². The van der Waals surface area contributed by atoms with Crippen molar-refractivity contribution in [1.82, 2.24) is 0 Å². The van der Waals surface area contributed by atoms with E-state index in [0.717, 1.165) is 42.8 Å². The molecule has 148 valence electrons. The number of fused-ring (bicyclic) bond motifs is 1. The maximum absolute atomic E-state index is 12.4. The van der Waals surface area contributed by atoms with Crippen molar-refractivity contribution in [3.05, 3.63) is 72.3 Å². The Balaban J connectivity index is 1.33. The molecule has 0 saturated carbocycles. The molecular formula is C23H22N2O4. The van der Waals surface area contributed by atoms with Crippen LogP contribution in [0.1, 0.15) is 10.4 Å². The van der Waals surface area contributed by atoms with Crippen molar-refractivity contribution in [2.45, 2.75) is 0 Å². The molecule has 0 spiro atoms. The number of morpholine rings is 1. The molecule has 0 aliphatic carbocycles. The molecule has 1 aliphatic heterocycles. The van der Waals surface area contributed by atoms with E-state index in [9.17, 15) is 9.59 Å². The smallest absolute Gasteiger partial charge is 0.339 e. The fourth-order valence-electron chi connectivity index (χ4n) is 3.39. The van der Waals surface area contributed by atoms with Crippen molar-refractivity contribution in [3.63, 3.8) is 0 Å². The summed E-state index contributed by atoms with van der Waals surface area (Å²) in [7, 11) is 0. The average Bonchev–Trinajstić information content (AvgIpc) is 2.78. The Morgan fingerprint density at radius 3 is 2.45 bits per heavy atom. The average molecular weight is 390 g/mol. The van der Waals surface area contributed by atoms with E-state index in [4.69, 9.17) is 9.47 Å². The van der Waals surface area contributed by atoms with E-state index in [1.165, 1.54) is 0 Å². The van der Waals surface area contributed by atoms with Crippen LogP contribution in [-0.2, 0) is 14.3 Å². The van der Waals surface area contributed by atoms with Crippen molar-refractivity contribution in [2.75, 3.05) is 43.1 Å². The summed E-state index contributed by atoms with van der Waals surface area (Å²) in [5.41, 5.74) is 2.20. The molecular weight excluding hydrogens is 368 g/mol. The third-order valence-electron chi connectivity index (χ3n) is 4.87. The SMILES string of the molecule is O=C(COC(=O)c1cccc2ccccc12)Nc1ccc(N2CCOCC2)cc1. The van der Waals surface area contributed by atoms with Gasteiger partial charge in [-0.3, -0.25) is 4.79 Å². The second-order valence-corrected chi connectivity index (χ2v) is 6.80. The largest absolute Gasteiger partial charge is 0.452 e. The number of hydrogen-bond donors (Lipinski definition) is 1. The van der Waals surface area contributed by atoms with Gasteiger partial charge in [0.15, 0.2) is 6.61 Å². The van der Waals surface area contributed by atoms with Crippen molar-refractivity contribution in [2.24, 2.45) is 0 Å². The number of carbonyl (C=O) groups excluding carboxylic acids is 2. The summed E-state index contributed by atoms with van der Waals surface area (Å²) in [5, 5.41) is 4.51. The lowest BCUT2D eigenvalue weighted by atomic mass is 10.1. The molecule has 3 aromatic carbocycles. The molecule has 3 aromatic rings. The number of amides is 1.